The van der Waals surface area contributed by atoms with Gasteiger partial charge in [-0.15, -0.1) is 0 Å². The van der Waals surface area contributed by atoms with Gasteiger partial charge in [0.25, 0.3) is 11.6 Å². The molecule has 1 amide bonds. The number of anilines is 1. The van der Waals surface area contributed by atoms with Gasteiger partial charge in [0.1, 0.15) is 12.4 Å². The summed E-state index contributed by atoms with van der Waals surface area (Å²) in [5.41, 5.74) is 1.95. The minimum atomic E-state index is -0.464. The average Bonchev–Trinajstić information content (AvgIpc) is 2.78. The van der Waals surface area contributed by atoms with Gasteiger partial charge in [-0.25, -0.2) is 0 Å². The van der Waals surface area contributed by atoms with Crippen LogP contribution in [-0.4, -0.2) is 56.1 Å². The number of nitrogens with zero attached hydrogens (tertiary/aromatic N) is 3. The molecule has 2 aromatic carbocycles. The zero-order chi connectivity index (χ0) is 23.1. The van der Waals surface area contributed by atoms with Crippen molar-refractivity contribution in [2.75, 3.05) is 45.2 Å². The summed E-state index contributed by atoms with van der Waals surface area (Å²) in [6, 6.07) is 12.1. The molecule has 1 fully saturated rings. The van der Waals surface area contributed by atoms with E-state index in [4.69, 9.17) is 4.74 Å². The SMILES string of the molecule is CC1CCN(c2ccc([N+](=O)[O-])cc2C(=O)NCc2ccc(OCCN(C)C)cc2)CC1. The Morgan fingerprint density at radius 2 is 1.88 bits per heavy atom. The lowest BCUT2D eigenvalue weighted by Gasteiger charge is -2.33. The second kappa shape index (κ2) is 10.9. The number of piperidine rings is 1. The van der Waals surface area contributed by atoms with Crippen molar-refractivity contribution in [3.63, 3.8) is 0 Å². The molecule has 1 aliphatic heterocycles. The van der Waals surface area contributed by atoms with E-state index in [1.807, 2.05) is 38.4 Å². The van der Waals surface area contributed by atoms with E-state index in [2.05, 4.69) is 22.0 Å². The number of nitro benzene ring substituents is 1. The topological polar surface area (TPSA) is 87.9 Å². The molecule has 0 bridgehead atoms. The van der Waals surface area contributed by atoms with Gasteiger partial charge < -0.3 is 19.9 Å². The normalized spacial score (nSPS) is 14.4. The lowest BCUT2D eigenvalue weighted by atomic mass is 9.98. The molecular formula is C24H32N4O4. The number of nitrogens with one attached hydrogen (secondary N) is 1. The number of carbonyl (C=O) groups excluding carboxylic acids is 1. The number of carbonyl (C=O) groups is 1. The van der Waals surface area contributed by atoms with E-state index in [0.717, 1.165) is 49.5 Å². The van der Waals surface area contributed by atoms with Crippen LogP contribution in [-0.2, 0) is 6.54 Å². The van der Waals surface area contributed by atoms with Crippen LogP contribution in [0, 0.1) is 16.0 Å². The van der Waals surface area contributed by atoms with Crippen LogP contribution in [0.25, 0.3) is 0 Å². The molecule has 1 saturated heterocycles. The first-order chi connectivity index (χ1) is 15.3. The number of hydrogen-bond donors (Lipinski definition) is 1. The van der Waals surface area contributed by atoms with Crippen LogP contribution in [0.5, 0.6) is 5.75 Å². The quantitative estimate of drug-likeness (QED) is 0.473. The smallest absolute Gasteiger partial charge is 0.270 e. The van der Waals surface area contributed by atoms with Crippen LogP contribution >= 0.6 is 0 Å². The summed E-state index contributed by atoms with van der Waals surface area (Å²) >= 11 is 0. The molecule has 0 unspecified atom stereocenters. The number of ether oxygens (including phenoxy) is 1. The van der Waals surface area contributed by atoms with Crippen molar-refractivity contribution in [3.05, 3.63) is 63.7 Å². The van der Waals surface area contributed by atoms with Crippen LogP contribution in [0.4, 0.5) is 11.4 Å². The Kier molecular flexibility index (Phi) is 8.05. The van der Waals surface area contributed by atoms with Crippen molar-refractivity contribution in [3.8, 4) is 5.75 Å². The van der Waals surface area contributed by atoms with Gasteiger partial charge in [-0.05, 0) is 56.6 Å². The minimum absolute atomic E-state index is 0.0801. The first kappa shape index (κ1) is 23.5. The first-order valence-electron chi connectivity index (χ1n) is 11.0. The molecule has 0 spiro atoms. The Bertz CT molecular complexity index is 922. The summed E-state index contributed by atoms with van der Waals surface area (Å²) in [5, 5.41) is 14.2. The highest BCUT2D eigenvalue weighted by atomic mass is 16.6. The zero-order valence-electron chi connectivity index (χ0n) is 19.0. The van der Waals surface area contributed by atoms with Crippen LogP contribution < -0.4 is 15.0 Å². The highest BCUT2D eigenvalue weighted by Crippen LogP contribution is 2.29. The minimum Gasteiger partial charge on any atom is -0.492 e. The predicted molar refractivity (Wildman–Crippen MR) is 125 cm³/mol. The second-order valence-corrected chi connectivity index (χ2v) is 8.61. The molecule has 8 heteroatoms. The Balaban J connectivity index is 1.67. The molecule has 8 nitrogen and oxygen atoms in total. The molecule has 0 radical (unpaired) electrons. The highest BCUT2D eigenvalue weighted by Gasteiger charge is 2.23. The van der Waals surface area contributed by atoms with Gasteiger partial charge in [-0.2, -0.15) is 0 Å². The van der Waals surface area contributed by atoms with Gasteiger partial charge in [-0.3, -0.25) is 14.9 Å². The molecule has 32 heavy (non-hydrogen) atoms. The van der Waals surface area contributed by atoms with Crippen LogP contribution in [0.3, 0.4) is 0 Å². The fraction of sp³-hybridized carbons (Fsp3) is 0.458. The van der Waals surface area contributed by atoms with Crippen molar-refractivity contribution < 1.29 is 14.5 Å². The summed E-state index contributed by atoms with van der Waals surface area (Å²) in [5.74, 6) is 1.12. The van der Waals surface area contributed by atoms with Crippen molar-refractivity contribution in [2.45, 2.75) is 26.3 Å². The number of rotatable bonds is 9. The van der Waals surface area contributed by atoms with Crippen LogP contribution in [0.1, 0.15) is 35.7 Å². The summed E-state index contributed by atoms with van der Waals surface area (Å²) in [7, 11) is 3.99. The van der Waals surface area contributed by atoms with E-state index in [-0.39, 0.29) is 11.6 Å². The molecule has 3 rings (SSSR count). The van der Waals surface area contributed by atoms with E-state index in [1.54, 1.807) is 6.07 Å². The van der Waals surface area contributed by atoms with Crippen molar-refractivity contribution in [1.29, 1.82) is 0 Å². The second-order valence-electron chi connectivity index (χ2n) is 8.61. The molecule has 172 valence electrons. The van der Waals surface area contributed by atoms with Gasteiger partial charge >= 0.3 is 0 Å². The number of hydrogen-bond acceptors (Lipinski definition) is 6. The maximum absolute atomic E-state index is 13.0. The van der Waals surface area contributed by atoms with Crippen molar-refractivity contribution in [1.82, 2.24) is 10.2 Å². The number of non-ortho nitro benzene ring substituents is 1. The fourth-order valence-electron chi connectivity index (χ4n) is 3.67. The maximum atomic E-state index is 13.0. The third kappa shape index (κ3) is 6.43. The van der Waals surface area contributed by atoms with Gasteiger partial charge in [0.05, 0.1) is 16.2 Å². The third-order valence-corrected chi connectivity index (χ3v) is 5.74. The number of nitro groups is 1. The van der Waals surface area contributed by atoms with Crippen LogP contribution in [0.2, 0.25) is 0 Å². The van der Waals surface area contributed by atoms with Crippen LogP contribution in [0.15, 0.2) is 42.5 Å². The lowest BCUT2D eigenvalue weighted by molar-refractivity contribution is -0.384. The molecule has 0 atom stereocenters. The van der Waals surface area contributed by atoms with Gasteiger partial charge in [-0.1, -0.05) is 19.1 Å². The van der Waals surface area contributed by atoms with E-state index >= 15 is 0 Å². The molecule has 0 saturated carbocycles. The Hall–Kier alpha value is -3.13. The summed E-state index contributed by atoms with van der Waals surface area (Å²) in [4.78, 5) is 28.0. The molecule has 0 aromatic heterocycles. The van der Waals surface area contributed by atoms with Gasteiger partial charge in [0.15, 0.2) is 0 Å². The Morgan fingerprint density at radius 1 is 1.19 bits per heavy atom. The van der Waals surface area contributed by atoms with Crippen molar-refractivity contribution >= 4 is 17.3 Å². The number of amides is 1. The lowest BCUT2D eigenvalue weighted by Crippen LogP contribution is -2.35. The first-order valence-corrected chi connectivity index (χ1v) is 11.0. The standard InChI is InChI=1S/C24H32N4O4/c1-18-10-12-27(13-11-18)23-9-6-20(28(30)31)16-22(23)24(29)25-17-19-4-7-21(8-5-19)32-15-14-26(2)3/h4-9,16,18H,10-15,17H2,1-3H3,(H,25,29). The van der Waals surface area contributed by atoms with Crippen molar-refractivity contribution in [2.24, 2.45) is 5.92 Å². The molecule has 2 aromatic rings. The predicted octanol–water partition coefficient (Wildman–Crippen LogP) is 3.70. The summed E-state index contributed by atoms with van der Waals surface area (Å²) < 4.78 is 5.69. The molecule has 0 aliphatic carbocycles. The fourth-order valence-corrected chi connectivity index (χ4v) is 3.67. The monoisotopic (exact) mass is 440 g/mol. The summed E-state index contributed by atoms with van der Waals surface area (Å²) in [6.07, 6.45) is 2.09. The molecule has 1 heterocycles. The average molecular weight is 441 g/mol. The largest absolute Gasteiger partial charge is 0.492 e. The van der Waals surface area contributed by atoms with E-state index < -0.39 is 4.92 Å². The Labute approximate surface area is 189 Å². The van der Waals surface area contributed by atoms with Gasteiger partial charge in [0.2, 0.25) is 0 Å². The maximum Gasteiger partial charge on any atom is 0.270 e. The number of likely N-dealkylation sites (N-methyl/N-ethyl adjacent to an activating group) is 1. The summed E-state index contributed by atoms with van der Waals surface area (Å²) in [6.45, 7) is 5.67. The van der Waals surface area contributed by atoms with E-state index in [1.165, 1.54) is 12.1 Å². The number of benzene rings is 2. The Morgan fingerprint density at radius 3 is 2.50 bits per heavy atom. The molecular weight excluding hydrogens is 408 g/mol. The third-order valence-electron chi connectivity index (χ3n) is 5.74. The van der Waals surface area contributed by atoms with E-state index in [9.17, 15) is 14.9 Å². The van der Waals surface area contributed by atoms with Gasteiger partial charge in [0, 0.05) is 38.3 Å². The highest BCUT2D eigenvalue weighted by molar-refractivity contribution is 6.00. The molecule has 1 aliphatic rings. The van der Waals surface area contributed by atoms with E-state index in [0.29, 0.717) is 24.6 Å². The zero-order valence-corrected chi connectivity index (χ0v) is 19.0. The molecule has 1 N–H and O–H groups in total.